The van der Waals surface area contributed by atoms with Crippen LogP contribution in [0, 0.1) is 0 Å². The van der Waals surface area contributed by atoms with Crippen molar-refractivity contribution in [1.82, 2.24) is 0 Å². The van der Waals surface area contributed by atoms with E-state index < -0.39 is 5.97 Å². The summed E-state index contributed by atoms with van der Waals surface area (Å²) in [6.07, 6.45) is 3.41. The van der Waals surface area contributed by atoms with Gasteiger partial charge in [0.25, 0.3) is 5.91 Å². The third-order valence-electron chi connectivity index (χ3n) is 3.61. The lowest BCUT2D eigenvalue weighted by atomic mass is 10.1. The molecule has 6 heteroatoms. The number of hydrazone groups is 1. The quantitative estimate of drug-likeness (QED) is 0.835. The van der Waals surface area contributed by atoms with Gasteiger partial charge in [0.1, 0.15) is 0 Å². The summed E-state index contributed by atoms with van der Waals surface area (Å²) in [5.41, 5.74) is 1.89. The maximum absolute atomic E-state index is 12.8. The molecule has 0 fully saturated rings. The molecule has 122 valence electrons. The normalized spacial score (nSPS) is 15.9. The van der Waals surface area contributed by atoms with E-state index in [0.717, 1.165) is 17.0 Å². The lowest BCUT2D eigenvalue weighted by molar-refractivity contribution is -0.114. The Morgan fingerprint density at radius 2 is 2.17 bits per heavy atom. The van der Waals surface area contributed by atoms with Crippen LogP contribution in [-0.4, -0.2) is 22.7 Å². The standard InChI is InChI=1S/C18H16N2O3S/c1-2-5-16-15(11-14-8-4-9-24-14)17(21)20(19-16)13-7-3-6-12(10-13)18(22)23/h3-4,6-11H,2,5H2,1H3,(H,22,23). The minimum atomic E-state index is -1.03. The van der Waals surface area contributed by atoms with Crippen LogP contribution in [0.25, 0.3) is 6.08 Å². The largest absolute Gasteiger partial charge is 0.478 e. The molecule has 5 nitrogen and oxygen atoms in total. The summed E-state index contributed by atoms with van der Waals surface area (Å²) < 4.78 is 0. The number of hydrogen-bond acceptors (Lipinski definition) is 4. The van der Waals surface area contributed by atoms with Crippen molar-refractivity contribution in [3.05, 3.63) is 57.8 Å². The molecule has 1 N–H and O–H groups in total. The van der Waals surface area contributed by atoms with E-state index in [2.05, 4.69) is 5.10 Å². The predicted octanol–water partition coefficient (Wildman–Crippen LogP) is 4.03. The molecule has 0 saturated heterocycles. The fourth-order valence-electron chi connectivity index (χ4n) is 2.49. The number of aromatic carboxylic acids is 1. The lowest BCUT2D eigenvalue weighted by Crippen LogP contribution is -2.21. The van der Waals surface area contributed by atoms with Gasteiger partial charge in [-0.05, 0) is 42.1 Å². The first-order chi connectivity index (χ1) is 11.6. The summed E-state index contributed by atoms with van der Waals surface area (Å²) in [5.74, 6) is -1.26. The number of hydrogen-bond donors (Lipinski definition) is 1. The van der Waals surface area contributed by atoms with Crippen LogP contribution in [0.1, 0.15) is 35.0 Å². The van der Waals surface area contributed by atoms with Crippen molar-refractivity contribution >= 4 is 40.7 Å². The minimum absolute atomic E-state index is 0.128. The number of carbonyl (C=O) groups is 2. The lowest BCUT2D eigenvalue weighted by Gasteiger charge is -2.12. The van der Waals surface area contributed by atoms with Gasteiger partial charge in [-0.25, -0.2) is 4.79 Å². The Labute approximate surface area is 143 Å². The van der Waals surface area contributed by atoms with Gasteiger partial charge in [-0.1, -0.05) is 25.5 Å². The summed E-state index contributed by atoms with van der Waals surface area (Å²) in [5, 5.41) is 16.8. The van der Waals surface area contributed by atoms with Crippen molar-refractivity contribution in [2.24, 2.45) is 5.10 Å². The Hall–Kier alpha value is -2.73. The number of anilines is 1. The molecule has 24 heavy (non-hydrogen) atoms. The number of carbonyl (C=O) groups excluding carboxylic acids is 1. The first-order valence-corrected chi connectivity index (χ1v) is 8.49. The van der Waals surface area contributed by atoms with E-state index in [9.17, 15) is 9.59 Å². The highest BCUT2D eigenvalue weighted by Gasteiger charge is 2.30. The molecule has 0 unspecified atom stereocenters. The number of thiophene rings is 1. The second-order valence-electron chi connectivity index (χ2n) is 5.34. The first kappa shape index (κ1) is 16.1. The Kier molecular flexibility index (Phi) is 4.57. The summed E-state index contributed by atoms with van der Waals surface area (Å²) in [4.78, 5) is 24.9. The highest BCUT2D eigenvalue weighted by atomic mass is 32.1. The van der Waals surface area contributed by atoms with Crippen molar-refractivity contribution in [1.29, 1.82) is 0 Å². The number of carboxylic acids is 1. The highest BCUT2D eigenvalue weighted by Crippen LogP contribution is 2.28. The molecule has 3 rings (SSSR count). The fourth-order valence-corrected chi connectivity index (χ4v) is 3.14. The van der Waals surface area contributed by atoms with Crippen LogP contribution in [0.15, 0.2) is 52.5 Å². The smallest absolute Gasteiger partial charge is 0.335 e. The number of rotatable bonds is 5. The van der Waals surface area contributed by atoms with Crippen molar-refractivity contribution in [2.75, 3.05) is 5.01 Å². The van der Waals surface area contributed by atoms with Gasteiger partial charge in [-0.15, -0.1) is 11.3 Å². The fraction of sp³-hybridized carbons (Fsp3) is 0.167. The zero-order valence-electron chi connectivity index (χ0n) is 13.1. The van der Waals surface area contributed by atoms with E-state index in [0.29, 0.717) is 17.7 Å². The molecule has 2 aromatic rings. The van der Waals surface area contributed by atoms with Crippen LogP contribution in [0.5, 0.6) is 0 Å². The summed E-state index contributed by atoms with van der Waals surface area (Å²) in [7, 11) is 0. The molecule has 1 amide bonds. The maximum atomic E-state index is 12.8. The third kappa shape index (κ3) is 3.14. The molecule has 1 aliphatic rings. The van der Waals surface area contributed by atoms with Crippen LogP contribution >= 0.6 is 11.3 Å². The van der Waals surface area contributed by atoms with Gasteiger partial charge >= 0.3 is 5.97 Å². The van der Waals surface area contributed by atoms with Crippen molar-refractivity contribution in [2.45, 2.75) is 19.8 Å². The maximum Gasteiger partial charge on any atom is 0.335 e. The number of amides is 1. The third-order valence-corrected chi connectivity index (χ3v) is 4.43. The minimum Gasteiger partial charge on any atom is -0.478 e. The summed E-state index contributed by atoms with van der Waals surface area (Å²) in [6, 6.07) is 10.1. The molecule has 0 spiro atoms. The van der Waals surface area contributed by atoms with Crippen LogP contribution in [0.4, 0.5) is 5.69 Å². The topological polar surface area (TPSA) is 70.0 Å². The predicted molar refractivity (Wildman–Crippen MR) is 95.5 cm³/mol. The molecule has 1 aromatic heterocycles. The van der Waals surface area contributed by atoms with E-state index in [1.807, 2.05) is 30.5 Å². The zero-order chi connectivity index (χ0) is 17.1. The zero-order valence-corrected chi connectivity index (χ0v) is 13.9. The van der Waals surface area contributed by atoms with Gasteiger partial charge in [0, 0.05) is 4.88 Å². The van der Waals surface area contributed by atoms with Gasteiger partial charge in [-0.3, -0.25) is 4.79 Å². The molecule has 0 aliphatic carbocycles. The van der Waals surface area contributed by atoms with E-state index >= 15 is 0 Å². The van der Waals surface area contributed by atoms with E-state index in [4.69, 9.17) is 5.11 Å². The average Bonchev–Trinajstić information content (AvgIpc) is 3.19. The van der Waals surface area contributed by atoms with E-state index in [1.54, 1.807) is 23.5 Å². The van der Waals surface area contributed by atoms with Crippen molar-refractivity contribution in [3.8, 4) is 0 Å². The average molecular weight is 340 g/mol. The first-order valence-electron chi connectivity index (χ1n) is 7.61. The number of benzene rings is 1. The van der Waals surface area contributed by atoms with Gasteiger partial charge in [0.05, 0.1) is 22.5 Å². The monoisotopic (exact) mass is 340 g/mol. The van der Waals surface area contributed by atoms with E-state index in [-0.39, 0.29) is 11.5 Å². The van der Waals surface area contributed by atoms with Gasteiger partial charge in [0.2, 0.25) is 0 Å². The number of carboxylic acid groups (broad SMARTS) is 1. The molecular formula is C18H16N2O3S. The SMILES string of the molecule is CCCC1=NN(c2cccc(C(=O)O)c2)C(=O)C1=Cc1cccs1. The second-order valence-corrected chi connectivity index (χ2v) is 6.32. The van der Waals surface area contributed by atoms with Gasteiger partial charge in [0.15, 0.2) is 0 Å². The molecular weight excluding hydrogens is 324 g/mol. The second kappa shape index (κ2) is 6.80. The van der Waals surface area contributed by atoms with Crippen LogP contribution in [0.2, 0.25) is 0 Å². The van der Waals surface area contributed by atoms with Crippen molar-refractivity contribution < 1.29 is 14.7 Å². The Balaban J connectivity index is 2.00. The van der Waals surface area contributed by atoms with Crippen molar-refractivity contribution in [3.63, 3.8) is 0 Å². The summed E-state index contributed by atoms with van der Waals surface area (Å²) in [6.45, 7) is 2.03. The van der Waals surface area contributed by atoms with Crippen LogP contribution < -0.4 is 5.01 Å². The molecule has 0 atom stereocenters. The van der Waals surface area contributed by atoms with Crippen LogP contribution in [-0.2, 0) is 4.79 Å². The molecule has 0 saturated carbocycles. The van der Waals surface area contributed by atoms with Gasteiger partial charge in [-0.2, -0.15) is 10.1 Å². The summed E-state index contributed by atoms with van der Waals surface area (Å²) >= 11 is 1.56. The molecule has 2 heterocycles. The van der Waals surface area contributed by atoms with E-state index in [1.165, 1.54) is 17.1 Å². The number of nitrogens with zero attached hydrogens (tertiary/aromatic N) is 2. The Morgan fingerprint density at radius 3 is 2.83 bits per heavy atom. The van der Waals surface area contributed by atoms with Crippen LogP contribution in [0.3, 0.4) is 0 Å². The highest BCUT2D eigenvalue weighted by molar-refractivity contribution is 7.10. The Bertz CT molecular complexity index is 838. The molecule has 0 bridgehead atoms. The molecule has 1 aliphatic heterocycles. The molecule has 1 aromatic carbocycles. The van der Waals surface area contributed by atoms with Gasteiger partial charge < -0.3 is 5.11 Å². The Morgan fingerprint density at radius 1 is 1.33 bits per heavy atom. The molecule has 0 radical (unpaired) electrons.